The second kappa shape index (κ2) is 3.83. The van der Waals surface area contributed by atoms with E-state index in [1.54, 1.807) is 24.4 Å². The van der Waals surface area contributed by atoms with Gasteiger partial charge in [0.15, 0.2) is 0 Å². The van der Waals surface area contributed by atoms with E-state index in [0.717, 1.165) is 0 Å². The van der Waals surface area contributed by atoms with Gasteiger partial charge in [0, 0.05) is 0 Å². The molecule has 76 valence electrons. The van der Waals surface area contributed by atoms with Crippen LogP contribution in [0, 0.1) is 0 Å². The minimum absolute atomic E-state index is 0.468. The number of nitrogens with one attached hydrogen (secondary N) is 1. The van der Waals surface area contributed by atoms with E-state index in [9.17, 15) is 0 Å². The topological polar surface area (TPSA) is 89.8 Å². The van der Waals surface area contributed by atoms with Crippen molar-refractivity contribution in [1.29, 1.82) is 0 Å². The number of anilines is 4. The van der Waals surface area contributed by atoms with E-state index in [1.165, 1.54) is 0 Å². The standard InChI is InChI=1S/C10H11N5/c11-7-4-5-9(13-6-7)15-10-3-1-2-8(12)14-10/h1-6H,11H2,(H3,12,13,14,15). The van der Waals surface area contributed by atoms with Gasteiger partial charge in [0.1, 0.15) is 17.5 Å². The van der Waals surface area contributed by atoms with Crippen LogP contribution in [0.4, 0.5) is 23.1 Å². The van der Waals surface area contributed by atoms with Crippen molar-refractivity contribution in [2.75, 3.05) is 16.8 Å². The molecule has 0 aliphatic heterocycles. The van der Waals surface area contributed by atoms with Crippen LogP contribution in [0.2, 0.25) is 0 Å². The smallest absolute Gasteiger partial charge is 0.133 e. The maximum Gasteiger partial charge on any atom is 0.133 e. The molecule has 0 unspecified atom stereocenters. The SMILES string of the molecule is Nc1ccc(Nc2cccc(N)n2)nc1. The molecule has 5 heteroatoms. The molecule has 15 heavy (non-hydrogen) atoms. The Hall–Kier alpha value is -2.30. The second-order valence-electron chi connectivity index (χ2n) is 3.05. The molecule has 0 saturated heterocycles. The van der Waals surface area contributed by atoms with Gasteiger partial charge in [-0.3, -0.25) is 0 Å². The Bertz CT molecular complexity index is 452. The number of nitrogens with zero attached hydrogens (tertiary/aromatic N) is 2. The van der Waals surface area contributed by atoms with E-state index >= 15 is 0 Å². The maximum atomic E-state index is 5.54. The summed E-state index contributed by atoms with van der Waals surface area (Å²) in [4.78, 5) is 8.17. The van der Waals surface area contributed by atoms with Gasteiger partial charge in [-0.2, -0.15) is 0 Å². The van der Waals surface area contributed by atoms with Crippen molar-refractivity contribution in [3.8, 4) is 0 Å². The third kappa shape index (κ3) is 2.34. The third-order valence-corrected chi connectivity index (χ3v) is 1.81. The van der Waals surface area contributed by atoms with Crippen LogP contribution in [0.1, 0.15) is 0 Å². The number of nitrogen functional groups attached to an aromatic ring is 2. The maximum absolute atomic E-state index is 5.54. The summed E-state index contributed by atoms with van der Waals surface area (Å²) in [7, 11) is 0. The summed E-state index contributed by atoms with van der Waals surface area (Å²) in [6, 6.07) is 8.90. The highest BCUT2D eigenvalue weighted by Gasteiger charge is 1.96. The third-order valence-electron chi connectivity index (χ3n) is 1.81. The summed E-state index contributed by atoms with van der Waals surface area (Å²) in [5.41, 5.74) is 11.7. The number of hydrogen-bond donors (Lipinski definition) is 3. The molecule has 0 radical (unpaired) electrons. The van der Waals surface area contributed by atoms with Crippen LogP contribution in [0.5, 0.6) is 0 Å². The summed E-state index contributed by atoms with van der Waals surface area (Å²) >= 11 is 0. The van der Waals surface area contributed by atoms with Gasteiger partial charge in [-0.15, -0.1) is 0 Å². The number of pyridine rings is 2. The number of rotatable bonds is 2. The Kier molecular flexibility index (Phi) is 2.37. The van der Waals surface area contributed by atoms with Gasteiger partial charge in [0.05, 0.1) is 11.9 Å². The summed E-state index contributed by atoms with van der Waals surface area (Å²) in [5.74, 6) is 1.81. The van der Waals surface area contributed by atoms with Gasteiger partial charge < -0.3 is 16.8 Å². The normalized spacial score (nSPS) is 9.87. The number of nitrogens with two attached hydrogens (primary N) is 2. The van der Waals surface area contributed by atoms with Crippen molar-refractivity contribution in [2.45, 2.75) is 0 Å². The van der Waals surface area contributed by atoms with Crippen LogP contribution in [0.15, 0.2) is 36.5 Å². The lowest BCUT2D eigenvalue weighted by Crippen LogP contribution is -1.98. The van der Waals surface area contributed by atoms with Gasteiger partial charge in [-0.1, -0.05) is 6.07 Å². The molecular weight excluding hydrogens is 190 g/mol. The van der Waals surface area contributed by atoms with Gasteiger partial charge in [0.2, 0.25) is 0 Å². The van der Waals surface area contributed by atoms with Crippen LogP contribution >= 0.6 is 0 Å². The molecule has 5 nitrogen and oxygen atoms in total. The lowest BCUT2D eigenvalue weighted by atomic mass is 10.4. The number of aromatic nitrogens is 2. The van der Waals surface area contributed by atoms with E-state index in [2.05, 4.69) is 15.3 Å². The monoisotopic (exact) mass is 201 g/mol. The fraction of sp³-hybridized carbons (Fsp3) is 0. The first-order valence-electron chi connectivity index (χ1n) is 4.45. The zero-order chi connectivity index (χ0) is 10.7. The van der Waals surface area contributed by atoms with Crippen molar-refractivity contribution < 1.29 is 0 Å². The van der Waals surface area contributed by atoms with Crippen molar-refractivity contribution in [3.63, 3.8) is 0 Å². The van der Waals surface area contributed by atoms with E-state index in [1.807, 2.05) is 12.1 Å². The Morgan fingerprint density at radius 3 is 2.53 bits per heavy atom. The van der Waals surface area contributed by atoms with Crippen molar-refractivity contribution in [2.24, 2.45) is 0 Å². The van der Waals surface area contributed by atoms with E-state index < -0.39 is 0 Å². The Morgan fingerprint density at radius 1 is 1.00 bits per heavy atom. The van der Waals surface area contributed by atoms with Crippen LogP contribution in [-0.2, 0) is 0 Å². The summed E-state index contributed by atoms with van der Waals surface area (Å²) in [5, 5.41) is 3.01. The summed E-state index contributed by atoms with van der Waals surface area (Å²) in [6.45, 7) is 0. The van der Waals surface area contributed by atoms with Gasteiger partial charge in [-0.25, -0.2) is 9.97 Å². The molecular formula is C10H11N5. The fourth-order valence-electron chi connectivity index (χ4n) is 1.13. The first-order valence-corrected chi connectivity index (χ1v) is 4.45. The lowest BCUT2D eigenvalue weighted by Gasteiger charge is -2.04. The second-order valence-corrected chi connectivity index (χ2v) is 3.05. The molecule has 2 rings (SSSR count). The fourth-order valence-corrected chi connectivity index (χ4v) is 1.13. The van der Waals surface area contributed by atoms with Crippen LogP contribution < -0.4 is 16.8 Å². The van der Waals surface area contributed by atoms with Crippen molar-refractivity contribution in [1.82, 2.24) is 9.97 Å². The average Bonchev–Trinajstić information content (AvgIpc) is 2.22. The molecule has 2 aromatic heterocycles. The Morgan fingerprint density at radius 2 is 1.87 bits per heavy atom. The largest absolute Gasteiger partial charge is 0.397 e. The molecule has 0 aromatic carbocycles. The highest BCUT2D eigenvalue weighted by atomic mass is 15.1. The number of hydrogen-bond acceptors (Lipinski definition) is 5. The zero-order valence-electron chi connectivity index (χ0n) is 8.01. The molecule has 0 aliphatic carbocycles. The van der Waals surface area contributed by atoms with Crippen LogP contribution in [0.3, 0.4) is 0 Å². The van der Waals surface area contributed by atoms with E-state index in [0.29, 0.717) is 23.1 Å². The lowest BCUT2D eigenvalue weighted by molar-refractivity contribution is 1.26. The first kappa shape index (κ1) is 9.26. The molecule has 0 fully saturated rings. The zero-order valence-corrected chi connectivity index (χ0v) is 8.01. The molecule has 0 amide bonds. The molecule has 5 N–H and O–H groups in total. The van der Waals surface area contributed by atoms with Crippen molar-refractivity contribution in [3.05, 3.63) is 36.5 Å². The first-order chi connectivity index (χ1) is 7.24. The summed E-state index contributed by atoms with van der Waals surface area (Å²) < 4.78 is 0. The predicted octanol–water partition coefficient (Wildman–Crippen LogP) is 1.38. The molecule has 0 atom stereocenters. The Labute approximate surface area is 87.2 Å². The van der Waals surface area contributed by atoms with Gasteiger partial charge in [-0.05, 0) is 24.3 Å². The molecule has 2 aromatic rings. The molecule has 2 heterocycles. The predicted molar refractivity (Wildman–Crippen MR) is 60.6 cm³/mol. The van der Waals surface area contributed by atoms with Gasteiger partial charge >= 0.3 is 0 Å². The Balaban J connectivity index is 2.18. The van der Waals surface area contributed by atoms with Crippen LogP contribution in [0.25, 0.3) is 0 Å². The summed E-state index contributed by atoms with van der Waals surface area (Å²) in [6.07, 6.45) is 1.58. The highest BCUT2D eigenvalue weighted by molar-refractivity contribution is 5.55. The highest BCUT2D eigenvalue weighted by Crippen LogP contribution is 2.13. The minimum atomic E-state index is 0.468. The minimum Gasteiger partial charge on any atom is -0.397 e. The average molecular weight is 201 g/mol. The van der Waals surface area contributed by atoms with Crippen molar-refractivity contribution >= 4 is 23.1 Å². The van der Waals surface area contributed by atoms with Gasteiger partial charge in [0.25, 0.3) is 0 Å². The molecule has 0 aliphatic rings. The van der Waals surface area contributed by atoms with E-state index in [-0.39, 0.29) is 0 Å². The molecule has 0 bridgehead atoms. The quantitative estimate of drug-likeness (QED) is 0.683. The molecule has 0 spiro atoms. The van der Waals surface area contributed by atoms with Crippen LogP contribution in [-0.4, -0.2) is 9.97 Å². The van der Waals surface area contributed by atoms with E-state index in [4.69, 9.17) is 11.5 Å². The molecule has 0 saturated carbocycles.